The van der Waals surface area contributed by atoms with Crippen LogP contribution >= 0.6 is 0 Å². The molecule has 0 atom stereocenters. The summed E-state index contributed by atoms with van der Waals surface area (Å²) in [6.45, 7) is 3.37. The zero-order valence-corrected chi connectivity index (χ0v) is 9.61. The van der Waals surface area contributed by atoms with Gasteiger partial charge in [-0.3, -0.25) is 9.59 Å². The van der Waals surface area contributed by atoms with Crippen molar-refractivity contribution in [2.24, 2.45) is 0 Å². The number of hydrogen-bond acceptors (Lipinski definition) is 3. The maximum atomic E-state index is 11.7. The third-order valence-electron chi connectivity index (χ3n) is 2.36. The topological polar surface area (TPSA) is 55.4 Å². The van der Waals surface area contributed by atoms with Gasteiger partial charge in [0.1, 0.15) is 11.9 Å². The van der Waals surface area contributed by atoms with Crippen LogP contribution in [0.2, 0.25) is 0 Å². The van der Waals surface area contributed by atoms with Crippen LogP contribution in [0.5, 0.6) is 0 Å². The average molecular weight is 221 g/mol. The third-order valence-corrected chi connectivity index (χ3v) is 2.36. The summed E-state index contributed by atoms with van der Waals surface area (Å²) >= 11 is 0. The van der Waals surface area contributed by atoms with Gasteiger partial charge in [0, 0.05) is 18.4 Å². The van der Waals surface area contributed by atoms with Crippen LogP contribution in [0, 0.1) is 0 Å². The van der Waals surface area contributed by atoms with Gasteiger partial charge in [-0.05, 0) is 38.1 Å². The summed E-state index contributed by atoms with van der Waals surface area (Å²) in [7, 11) is 1.48. The molecule has 0 aliphatic heterocycles. The molecule has 4 nitrogen and oxygen atoms in total. The lowest BCUT2D eigenvalue weighted by Crippen LogP contribution is -2.38. The zero-order valence-electron chi connectivity index (χ0n) is 9.61. The zero-order chi connectivity index (χ0) is 12.2. The highest BCUT2D eigenvalue weighted by atomic mass is 16.5. The second kappa shape index (κ2) is 4.90. The SMILES string of the molecule is COC(C)(C)C(=O)Nc1ccc(C=O)cc1. The Morgan fingerprint density at radius 2 is 1.88 bits per heavy atom. The minimum atomic E-state index is -0.872. The number of amides is 1. The maximum absolute atomic E-state index is 11.7. The highest BCUT2D eigenvalue weighted by molar-refractivity contribution is 5.96. The fraction of sp³-hybridized carbons (Fsp3) is 0.333. The van der Waals surface area contributed by atoms with Gasteiger partial charge >= 0.3 is 0 Å². The molecule has 0 aliphatic rings. The number of carbonyl (C=O) groups excluding carboxylic acids is 2. The smallest absolute Gasteiger partial charge is 0.256 e. The van der Waals surface area contributed by atoms with Crippen LogP contribution in [-0.2, 0) is 9.53 Å². The molecule has 0 saturated carbocycles. The van der Waals surface area contributed by atoms with Crippen molar-refractivity contribution in [2.45, 2.75) is 19.4 Å². The van der Waals surface area contributed by atoms with Crippen molar-refractivity contribution >= 4 is 17.9 Å². The molecule has 16 heavy (non-hydrogen) atoms. The summed E-state index contributed by atoms with van der Waals surface area (Å²) in [6.07, 6.45) is 0.755. The van der Waals surface area contributed by atoms with Crippen LogP contribution in [0.1, 0.15) is 24.2 Å². The van der Waals surface area contributed by atoms with Gasteiger partial charge in [0.2, 0.25) is 0 Å². The van der Waals surface area contributed by atoms with Crippen molar-refractivity contribution in [2.75, 3.05) is 12.4 Å². The standard InChI is InChI=1S/C12H15NO3/c1-12(2,16-3)11(15)13-10-6-4-9(8-14)5-7-10/h4-8H,1-3H3,(H,13,15). The van der Waals surface area contributed by atoms with E-state index in [1.807, 2.05) is 0 Å². The molecule has 1 N–H and O–H groups in total. The lowest BCUT2D eigenvalue weighted by molar-refractivity contribution is -0.133. The van der Waals surface area contributed by atoms with Crippen LogP contribution in [0.25, 0.3) is 0 Å². The molecule has 1 aromatic carbocycles. The van der Waals surface area contributed by atoms with E-state index in [2.05, 4.69) is 5.32 Å². The fourth-order valence-electron chi connectivity index (χ4n) is 1.02. The maximum Gasteiger partial charge on any atom is 0.256 e. The summed E-state index contributed by atoms with van der Waals surface area (Å²) in [6, 6.07) is 6.63. The summed E-state index contributed by atoms with van der Waals surface area (Å²) in [5, 5.41) is 2.70. The lowest BCUT2D eigenvalue weighted by atomic mass is 10.1. The Kier molecular flexibility index (Phi) is 3.79. The Hall–Kier alpha value is -1.68. The molecule has 0 saturated heterocycles. The monoisotopic (exact) mass is 221 g/mol. The molecule has 0 aliphatic carbocycles. The normalized spacial score (nSPS) is 10.9. The third kappa shape index (κ3) is 2.90. The number of aldehydes is 1. The first-order valence-corrected chi connectivity index (χ1v) is 4.91. The molecule has 1 rings (SSSR count). The quantitative estimate of drug-likeness (QED) is 0.789. The van der Waals surface area contributed by atoms with E-state index in [0.717, 1.165) is 6.29 Å². The second-order valence-electron chi connectivity index (χ2n) is 3.91. The predicted octanol–water partition coefficient (Wildman–Crippen LogP) is 1.86. The van der Waals surface area contributed by atoms with Crippen molar-refractivity contribution < 1.29 is 14.3 Å². The lowest BCUT2D eigenvalue weighted by Gasteiger charge is -2.21. The number of rotatable bonds is 4. The summed E-state index contributed by atoms with van der Waals surface area (Å²) in [5.74, 6) is -0.228. The fourth-order valence-corrected chi connectivity index (χ4v) is 1.02. The number of benzene rings is 1. The van der Waals surface area contributed by atoms with Crippen LogP contribution in [0.3, 0.4) is 0 Å². The number of methoxy groups -OCH3 is 1. The largest absolute Gasteiger partial charge is 0.369 e. The van der Waals surface area contributed by atoms with E-state index < -0.39 is 5.60 Å². The highest BCUT2D eigenvalue weighted by Crippen LogP contribution is 2.13. The molecule has 0 bridgehead atoms. The molecule has 0 heterocycles. The first kappa shape index (κ1) is 12.4. The van der Waals surface area contributed by atoms with Gasteiger partial charge in [-0.25, -0.2) is 0 Å². The Labute approximate surface area is 94.6 Å². The van der Waals surface area contributed by atoms with E-state index in [0.29, 0.717) is 11.3 Å². The van der Waals surface area contributed by atoms with Crippen molar-refractivity contribution in [3.8, 4) is 0 Å². The molecule has 0 fully saturated rings. The minimum absolute atomic E-state index is 0.228. The number of carbonyl (C=O) groups is 2. The van der Waals surface area contributed by atoms with Gasteiger partial charge in [-0.2, -0.15) is 0 Å². The molecule has 0 unspecified atom stereocenters. The van der Waals surface area contributed by atoms with E-state index in [9.17, 15) is 9.59 Å². The Balaban J connectivity index is 2.73. The van der Waals surface area contributed by atoms with E-state index in [1.165, 1.54) is 7.11 Å². The number of anilines is 1. The predicted molar refractivity (Wildman–Crippen MR) is 61.5 cm³/mol. The Bertz CT molecular complexity index is 382. The van der Waals surface area contributed by atoms with Crippen LogP contribution < -0.4 is 5.32 Å². The molecular weight excluding hydrogens is 206 g/mol. The Morgan fingerprint density at radius 1 is 1.31 bits per heavy atom. The van der Waals surface area contributed by atoms with Gasteiger partial charge in [-0.15, -0.1) is 0 Å². The molecule has 0 spiro atoms. The average Bonchev–Trinajstić information content (AvgIpc) is 2.30. The molecule has 1 amide bonds. The minimum Gasteiger partial charge on any atom is -0.369 e. The molecule has 1 aromatic rings. The first-order chi connectivity index (χ1) is 7.49. The molecule has 4 heteroatoms. The molecule has 0 aromatic heterocycles. The summed E-state index contributed by atoms with van der Waals surface area (Å²) < 4.78 is 5.05. The number of ether oxygens (including phenoxy) is 1. The highest BCUT2D eigenvalue weighted by Gasteiger charge is 2.26. The molecule has 0 radical (unpaired) electrons. The number of nitrogens with one attached hydrogen (secondary N) is 1. The van der Waals surface area contributed by atoms with Crippen LogP contribution in [0.4, 0.5) is 5.69 Å². The summed E-state index contributed by atoms with van der Waals surface area (Å²) in [5.41, 5.74) is 0.341. The summed E-state index contributed by atoms with van der Waals surface area (Å²) in [4.78, 5) is 22.2. The second-order valence-corrected chi connectivity index (χ2v) is 3.91. The van der Waals surface area contributed by atoms with Gasteiger partial charge in [0.15, 0.2) is 0 Å². The van der Waals surface area contributed by atoms with E-state index in [1.54, 1.807) is 38.1 Å². The van der Waals surface area contributed by atoms with Crippen molar-refractivity contribution in [1.82, 2.24) is 0 Å². The van der Waals surface area contributed by atoms with E-state index in [-0.39, 0.29) is 5.91 Å². The van der Waals surface area contributed by atoms with Gasteiger partial charge < -0.3 is 10.1 Å². The van der Waals surface area contributed by atoms with Crippen molar-refractivity contribution in [1.29, 1.82) is 0 Å². The van der Waals surface area contributed by atoms with Crippen LogP contribution in [0.15, 0.2) is 24.3 Å². The Morgan fingerprint density at radius 3 is 2.31 bits per heavy atom. The van der Waals surface area contributed by atoms with Crippen molar-refractivity contribution in [3.63, 3.8) is 0 Å². The van der Waals surface area contributed by atoms with Crippen LogP contribution in [-0.4, -0.2) is 24.9 Å². The number of hydrogen-bond donors (Lipinski definition) is 1. The van der Waals surface area contributed by atoms with Gasteiger partial charge in [0.05, 0.1) is 0 Å². The first-order valence-electron chi connectivity index (χ1n) is 4.91. The van der Waals surface area contributed by atoms with E-state index >= 15 is 0 Å². The molecular formula is C12H15NO3. The van der Waals surface area contributed by atoms with Gasteiger partial charge in [-0.1, -0.05) is 0 Å². The van der Waals surface area contributed by atoms with Gasteiger partial charge in [0.25, 0.3) is 5.91 Å². The molecule has 86 valence electrons. The van der Waals surface area contributed by atoms with E-state index in [4.69, 9.17) is 4.74 Å². The van der Waals surface area contributed by atoms with Crippen molar-refractivity contribution in [3.05, 3.63) is 29.8 Å².